The van der Waals surface area contributed by atoms with E-state index in [2.05, 4.69) is 40.8 Å². The Balaban J connectivity index is 1.27. The molecule has 0 unspecified atom stereocenters. The molecule has 9 heteroatoms. The molecule has 3 aromatic carbocycles. The predicted octanol–water partition coefficient (Wildman–Crippen LogP) is 7.82. The van der Waals surface area contributed by atoms with Crippen molar-refractivity contribution >= 4 is 39.8 Å². The molecule has 1 heterocycles. The van der Waals surface area contributed by atoms with Gasteiger partial charge in [0.2, 0.25) is 0 Å². The third-order valence-electron chi connectivity index (χ3n) is 9.42. The number of aromatic carboxylic acids is 1. The van der Waals surface area contributed by atoms with Crippen LogP contribution in [-0.4, -0.2) is 54.0 Å². The van der Waals surface area contributed by atoms with Crippen LogP contribution in [0.2, 0.25) is 0 Å². The van der Waals surface area contributed by atoms with Crippen LogP contribution in [0.15, 0.2) is 72.8 Å². The molecule has 0 aliphatic heterocycles. The zero-order valence-electron chi connectivity index (χ0n) is 28.8. The molecule has 0 fully saturated rings. The number of benzene rings is 3. The molecular weight excluding hydrogens is 633 g/mol. The number of carboxylic acid groups (broad SMARTS) is 1. The molecule has 0 saturated carbocycles. The smallest absolute Gasteiger partial charge is 0.335 e. The van der Waals surface area contributed by atoms with E-state index < -0.39 is 5.97 Å². The Hall–Kier alpha value is -4.31. The maximum absolute atomic E-state index is 13.8. The van der Waals surface area contributed by atoms with E-state index >= 15 is 0 Å². The van der Waals surface area contributed by atoms with E-state index in [9.17, 15) is 14.4 Å². The second kappa shape index (κ2) is 17.4. The van der Waals surface area contributed by atoms with Crippen LogP contribution >= 0.6 is 11.3 Å². The number of rotatable bonds is 16. The van der Waals surface area contributed by atoms with Crippen LogP contribution in [0.5, 0.6) is 0 Å². The fraction of sp³-hybridized carbons (Fsp3) is 0.375. The molecule has 8 nitrogen and oxygen atoms in total. The summed E-state index contributed by atoms with van der Waals surface area (Å²) in [5.41, 5.74) is 6.47. The Morgan fingerprint density at radius 2 is 1.49 bits per heavy atom. The second-order valence-electron chi connectivity index (χ2n) is 12.8. The summed E-state index contributed by atoms with van der Waals surface area (Å²) in [7, 11) is 1.97. The number of thiophene rings is 1. The number of hydrogen-bond donors (Lipinski definition) is 4. The van der Waals surface area contributed by atoms with Crippen LogP contribution in [0.4, 0.5) is 10.7 Å². The topological polar surface area (TPSA) is 111 Å². The van der Waals surface area contributed by atoms with Gasteiger partial charge >= 0.3 is 5.97 Å². The van der Waals surface area contributed by atoms with Gasteiger partial charge in [-0.3, -0.25) is 14.5 Å². The largest absolute Gasteiger partial charge is 0.478 e. The van der Waals surface area contributed by atoms with Crippen molar-refractivity contribution in [1.82, 2.24) is 10.2 Å². The quantitative estimate of drug-likeness (QED) is 0.0961. The van der Waals surface area contributed by atoms with Gasteiger partial charge in [0, 0.05) is 41.8 Å². The average Bonchev–Trinajstić information content (AvgIpc) is 3.48. The van der Waals surface area contributed by atoms with E-state index in [0.29, 0.717) is 27.9 Å². The molecule has 0 saturated heterocycles. The number of fused-ring (bicyclic) bond motifs is 1. The van der Waals surface area contributed by atoms with Crippen LogP contribution < -0.4 is 16.0 Å². The minimum Gasteiger partial charge on any atom is -0.478 e. The number of carbonyl (C=O) groups excluding carboxylic acids is 2. The first-order chi connectivity index (χ1) is 23.8. The molecular formula is C40H48N4O4S. The normalized spacial score (nSPS) is 12.6. The lowest BCUT2D eigenvalue weighted by molar-refractivity contribution is 0.0696. The lowest BCUT2D eigenvalue weighted by atomic mass is 9.95. The highest BCUT2D eigenvalue weighted by atomic mass is 32.1. The van der Waals surface area contributed by atoms with Crippen LogP contribution in [0, 0.1) is 0 Å². The van der Waals surface area contributed by atoms with E-state index in [1.165, 1.54) is 16.2 Å². The van der Waals surface area contributed by atoms with Gasteiger partial charge < -0.3 is 21.1 Å². The molecule has 0 bridgehead atoms. The zero-order chi connectivity index (χ0) is 34.8. The van der Waals surface area contributed by atoms with Crippen molar-refractivity contribution in [2.24, 2.45) is 0 Å². The first kappa shape index (κ1) is 36.0. The lowest BCUT2D eigenvalue weighted by Crippen LogP contribution is -2.38. The van der Waals surface area contributed by atoms with Gasteiger partial charge in [0.1, 0.15) is 5.00 Å². The second-order valence-corrected chi connectivity index (χ2v) is 13.9. The zero-order valence-corrected chi connectivity index (χ0v) is 29.6. The average molecular weight is 681 g/mol. The van der Waals surface area contributed by atoms with Gasteiger partial charge in [-0.2, -0.15) is 0 Å². The summed E-state index contributed by atoms with van der Waals surface area (Å²) in [6.45, 7) is 7.06. The third kappa shape index (κ3) is 9.44. The first-order valence-electron chi connectivity index (χ1n) is 17.5. The molecule has 0 atom stereocenters. The SMILES string of the molecule is CCC(CC)N(CCNC)Cc1cccc(C(=O)Nc2sc3c(c2C(=O)Nc2ccc(CCc4ccc(C(=O)O)cc4)cc2)CCCC3)c1. The molecule has 0 radical (unpaired) electrons. The molecule has 2 amide bonds. The van der Waals surface area contributed by atoms with Crippen molar-refractivity contribution in [1.29, 1.82) is 0 Å². The summed E-state index contributed by atoms with van der Waals surface area (Å²) < 4.78 is 0. The van der Waals surface area contributed by atoms with Crippen molar-refractivity contribution in [2.45, 2.75) is 77.8 Å². The van der Waals surface area contributed by atoms with Gasteiger partial charge in [0.05, 0.1) is 11.1 Å². The monoisotopic (exact) mass is 680 g/mol. The molecule has 1 aromatic heterocycles. The summed E-state index contributed by atoms with van der Waals surface area (Å²) in [6.07, 6.45) is 7.56. The Kier molecular flexibility index (Phi) is 12.8. The number of carbonyl (C=O) groups is 3. The number of nitrogens with zero attached hydrogens (tertiary/aromatic N) is 1. The van der Waals surface area contributed by atoms with Crippen molar-refractivity contribution in [3.05, 3.63) is 117 Å². The Morgan fingerprint density at radius 3 is 2.14 bits per heavy atom. The number of anilines is 2. The standard InChI is InChI=1S/C40H48N4O4S/c1-4-33(5-2)44(24-23-41-3)26-29-9-8-10-31(25-29)37(45)43-39-36(34-11-6-7-12-35(34)49-39)38(46)42-32-21-17-28(18-22-32)14-13-27-15-19-30(20-16-27)40(47)48/h8-10,15-22,25,33,41H,4-7,11-14,23-24,26H2,1-3H3,(H,42,46)(H,43,45)(H,47,48). The third-order valence-corrected chi connectivity index (χ3v) is 10.6. The minimum atomic E-state index is -0.928. The Bertz CT molecular complexity index is 1730. The lowest BCUT2D eigenvalue weighted by Gasteiger charge is -2.30. The fourth-order valence-electron chi connectivity index (χ4n) is 6.62. The summed E-state index contributed by atoms with van der Waals surface area (Å²) in [5.74, 6) is -1.34. The Morgan fingerprint density at radius 1 is 0.816 bits per heavy atom. The number of likely N-dealkylation sites (N-methyl/N-ethyl adjacent to an activating group) is 1. The molecule has 4 N–H and O–H groups in total. The number of aryl methyl sites for hydroxylation is 3. The fourth-order valence-corrected chi connectivity index (χ4v) is 7.90. The van der Waals surface area contributed by atoms with Crippen LogP contribution in [0.25, 0.3) is 0 Å². The van der Waals surface area contributed by atoms with Crippen LogP contribution in [-0.2, 0) is 32.2 Å². The number of nitrogens with one attached hydrogen (secondary N) is 3. The number of hydrogen-bond acceptors (Lipinski definition) is 6. The maximum atomic E-state index is 13.8. The predicted molar refractivity (Wildman–Crippen MR) is 199 cm³/mol. The molecule has 49 heavy (non-hydrogen) atoms. The Labute approximate surface area is 293 Å². The van der Waals surface area contributed by atoms with Gasteiger partial charge in [-0.25, -0.2) is 4.79 Å². The van der Waals surface area contributed by atoms with Crippen LogP contribution in [0.1, 0.15) is 97.7 Å². The highest BCUT2D eigenvalue weighted by Crippen LogP contribution is 2.39. The van der Waals surface area contributed by atoms with E-state index in [1.54, 1.807) is 12.1 Å². The summed E-state index contributed by atoms with van der Waals surface area (Å²) in [4.78, 5) is 42.3. The van der Waals surface area contributed by atoms with Gasteiger partial charge in [-0.15, -0.1) is 11.3 Å². The summed E-state index contributed by atoms with van der Waals surface area (Å²) in [5, 5.41) is 19.2. The number of amides is 2. The van der Waals surface area contributed by atoms with E-state index in [0.717, 1.165) is 93.3 Å². The maximum Gasteiger partial charge on any atom is 0.335 e. The molecule has 5 rings (SSSR count). The summed E-state index contributed by atoms with van der Waals surface area (Å²) in [6, 6.07) is 23.1. The van der Waals surface area contributed by atoms with Gasteiger partial charge in [0.25, 0.3) is 11.8 Å². The molecule has 258 valence electrons. The highest BCUT2D eigenvalue weighted by Gasteiger charge is 2.27. The first-order valence-corrected chi connectivity index (χ1v) is 18.3. The van der Waals surface area contributed by atoms with E-state index in [1.807, 2.05) is 61.6 Å². The van der Waals surface area contributed by atoms with E-state index in [-0.39, 0.29) is 17.4 Å². The van der Waals surface area contributed by atoms with E-state index in [4.69, 9.17) is 5.11 Å². The highest BCUT2D eigenvalue weighted by molar-refractivity contribution is 7.17. The molecule has 4 aromatic rings. The minimum absolute atomic E-state index is 0.208. The molecule has 1 aliphatic rings. The molecule has 0 spiro atoms. The van der Waals surface area contributed by atoms with Crippen molar-refractivity contribution in [2.75, 3.05) is 30.8 Å². The molecule has 1 aliphatic carbocycles. The van der Waals surface area contributed by atoms with Crippen molar-refractivity contribution in [3.8, 4) is 0 Å². The van der Waals surface area contributed by atoms with Crippen molar-refractivity contribution < 1.29 is 19.5 Å². The van der Waals surface area contributed by atoms with Gasteiger partial charge in [0.15, 0.2) is 0 Å². The van der Waals surface area contributed by atoms with Gasteiger partial charge in [-0.1, -0.05) is 50.2 Å². The summed E-state index contributed by atoms with van der Waals surface area (Å²) >= 11 is 1.53. The van der Waals surface area contributed by atoms with Crippen molar-refractivity contribution in [3.63, 3.8) is 0 Å². The number of carboxylic acids is 1. The van der Waals surface area contributed by atoms with Gasteiger partial charge in [-0.05, 0) is 117 Å². The van der Waals surface area contributed by atoms with Crippen LogP contribution in [0.3, 0.4) is 0 Å².